The Morgan fingerprint density at radius 1 is 1.10 bits per heavy atom. The first kappa shape index (κ1) is 15.7. The Kier molecular flexibility index (Phi) is 5.90. The van der Waals surface area contributed by atoms with Gasteiger partial charge in [-0.25, -0.2) is 4.39 Å². The molecule has 2 aromatic rings. The standard InChI is InChI=1S/C18H23FN2/c1-2-11-21(14-15-7-4-3-5-8-15)18(13-20)16-9-6-10-17(19)12-16/h3-10,12,18H,2,11,13-14,20H2,1H3. The molecule has 0 aromatic heterocycles. The second-order valence-corrected chi connectivity index (χ2v) is 5.26. The molecule has 0 bridgehead atoms. The van der Waals surface area contributed by atoms with E-state index in [4.69, 9.17) is 5.73 Å². The quantitative estimate of drug-likeness (QED) is 0.840. The third-order valence-electron chi connectivity index (χ3n) is 3.64. The van der Waals surface area contributed by atoms with Crippen molar-refractivity contribution < 1.29 is 4.39 Å². The van der Waals surface area contributed by atoms with Gasteiger partial charge in [-0.15, -0.1) is 0 Å². The molecule has 0 saturated carbocycles. The number of nitrogens with zero attached hydrogens (tertiary/aromatic N) is 1. The zero-order chi connectivity index (χ0) is 15.1. The van der Waals surface area contributed by atoms with Crippen LogP contribution in [0.1, 0.15) is 30.5 Å². The molecule has 3 heteroatoms. The SMILES string of the molecule is CCCN(Cc1ccccc1)C(CN)c1cccc(F)c1. The van der Waals surface area contributed by atoms with E-state index in [-0.39, 0.29) is 11.9 Å². The fourth-order valence-corrected chi connectivity index (χ4v) is 2.66. The van der Waals surface area contributed by atoms with E-state index < -0.39 is 0 Å². The van der Waals surface area contributed by atoms with Gasteiger partial charge in [-0.1, -0.05) is 49.4 Å². The monoisotopic (exact) mass is 286 g/mol. The molecule has 2 rings (SSSR count). The van der Waals surface area contributed by atoms with Crippen LogP contribution in [-0.2, 0) is 6.54 Å². The van der Waals surface area contributed by atoms with Crippen molar-refractivity contribution >= 4 is 0 Å². The van der Waals surface area contributed by atoms with Crippen LogP contribution in [0.4, 0.5) is 4.39 Å². The van der Waals surface area contributed by atoms with Gasteiger partial charge in [0.25, 0.3) is 0 Å². The Labute approximate surface area is 126 Å². The minimum atomic E-state index is -0.206. The van der Waals surface area contributed by atoms with E-state index in [1.807, 2.05) is 24.3 Å². The molecule has 1 atom stereocenters. The highest BCUT2D eigenvalue weighted by molar-refractivity contribution is 5.22. The van der Waals surface area contributed by atoms with E-state index in [1.54, 1.807) is 12.1 Å². The lowest BCUT2D eigenvalue weighted by atomic mass is 10.0. The predicted molar refractivity (Wildman–Crippen MR) is 85.3 cm³/mol. The van der Waals surface area contributed by atoms with Crippen LogP contribution in [0, 0.1) is 5.82 Å². The second kappa shape index (κ2) is 7.91. The molecule has 0 spiro atoms. The summed E-state index contributed by atoms with van der Waals surface area (Å²) < 4.78 is 13.5. The predicted octanol–water partition coefficient (Wildman–Crippen LogP) is 3.74. The summed E-state index contributed by atoms with van der Waals surface area (Å²) in [7, 11) is 0. The first-order valence-electron chi connectivity index (χ1n) is 7.48. The molecule has 0 amide bonds. The Morgan fingerprint density at radius 2 is 1.86 bits per heavy atom. The van der Waals surface area contributed by atoms with Crippen molar-refractivity contribution in [2.45, 2.75) is 25.9 Å². The Bertz CT molecular complexity index is 542. The summed E-state index contributed by atoms with van der Waals surface area (Å²) in [5.41, 5.74) is 8.17. The van der Waals surface area contributed by atoms with Crippen LogP contribution in [0.25, 0.3) is 0 Å². The van der Waals surface area contributed by atoms with Crippen molar-refractivity contribution in [2.75, 3.05) is 13.1 Å². The molecule has 0 aliphatic carbocycles. The van der Waals surface area contributed by atoms with E-state index in [2.05, 4.69) is 24.0 Å². The second-order valence-electron chi connectivity index (χ2n) is 5.26. The van der Waals surface area contributed by atoms with Gasteiger partial charge in [0.05, 0.1) is 0 Å². The average Bonchev–Trinajstić information content (AvgIpc) is 2.49. The minimum absolute atomic E-state index is 0.0425. The van der Waals surface area contributed by atoms with Crippen LogP contribution < -0.4 is 5.73 Å². The topological polar surface area (TPSA) is 29.3 Å². The van der Waals surface area contributed by atoms with Crippen molar-refractivity contribution in [3.8, 4) is 0 Å². The molecule has 1 unspecified atom stereocenters. The summed E-state index contributed by atoms with van der Waals surface area (Å²) in [5.74, 6) is -0.206. The van der Waals surface area contributed by atoms with Gasteiger partial charge in [0.15, 0.2) is 0 Å². The molecule has 2 N–H and O–H groups in total. The van der Waals surface area contributed by atoms with Gasteiger partial charge in [-0.2, -0.15) is 0 Å². The van der Waals surface area contributed by atoms with Crippen molar-refractivity contribution in [1.29, 1.82) is 0 Å². The molecule has 0 radical (unpaired) electrons. The molecule has 112 valence electrons. The van der Waals surface area contributed by atoms with Gasteiger partial charge < -0.3 is 5.73 Å². The van der Waals surface area contributed by atoms with E-state index in [0.29, 0.717) is 6.54 Å². The van der Waals surface area contributed by atoms with Crippen molar-refractivity contribution in [2.24, 2.45) is 5.73 Å². The Balaban J connectivity index is 2.22. The number of rotatable bonds is 7. The van der Waals surface area contributed by atoms with Gasteiger partial charge >= 0.3 is 0 Å². The number of hydrogen-bond donors (Lipinski definition) is 1. The maximum absolute atomic E-state index is 13.5. The van der Waals surface area contributed by atoms with Crippen molar-refractivity contribution in [3.63, 3.8) is 0 Å². The van der Waals surface area contributed by atoms with Gasteiger partial charge in [0.2, 0.25) is 0 Å². The fourth-order valence-electron chi connectivity index (χ4n) is 2.66. The molecule has 2 aromatic carbocycles. The third kappa shape index (κ3) is 4.38. The number of nitrogens with two attached hydrogens (primary N) is 1. The van der Waals surface area contributed by atoms with Crippen LogP contribution in [0.5, 0.6) is 0 Å². The van der Waals surface area contributed by atoms with Crippen LogP contribution in [0.15, 0.2) is 54.6 Å². The summed E-state index contributed by atoms with van der Waals surface area (Å²) in [4.78, 5) is 2.32. The van der Waals surface area contributed by atoms with E-state index >= 15 is 0 Å². The minimum Gasteiger partial charge on any atom is -0.329 e. The molecule has 0 aliphatic heterocycles. The van der Waals surface area contributed by atoms with Gasteiger partial charge in [0.1, 0.15) is 5.82 Å². The first-order valence-corrected chi connectivity index (χ1v) is 7.48. The van der Waals surface area contributed by atoms with E-state index in [1.165, 1.54) is 11.6 Å². The maximum Gasteiger partial charge on any atom is 0.123 e. The average molecular weight is 286 g/mol. The summed E-state index contributed by atoms with van der Waals surface area (Å²) in [6.45, 7) is 4.40. The van der Waals surface area contributed by atoms with Crippen LogP contribution >= 0.6 is 0 Å². The lowest BCUT2D eigenvalue weighted by Gasteiger charge is -2.31. The number of benzene rings is 2. The summed E-state index contributed by atoms with van der Waals surface area (Å²) in [6.07, 6.45) is 1.04. The Hall–Kier alpha value is -1.71. The van der Waals surface area contributed by atoms with E-state index in [0.717, 1.165) is 25.1 Å². The van der Waals surface area contributed by atoms with Crippen molar-refractivity contribution in [3.05, 3.63) is 71.5 Å². The first-order chi connectivity index (χ1) is 10.2. The van der Waals surface area contributed by atoms with Crippen LogP contribution in [0.3, 0.4) is 0 Å². The zero-order valence-corrected chi connectivity index (χ0v) is 12.5. The lowest BCUT2D eigenvalue weighted by Crippen LogP contribution is -2.34. The zero-order valence-electron chi connectivity index (χ0n) is 12.5. The van der Waals surface area contributed by atoms with Gasteiger partial charge in [-0.3, -0.25) is 4.90 Å². The molecule has 2 nitrogen and oxygen atoms in total. The number of hydrogen-bond acceptors (Lipinski definition) is 2. The molecular formula is C18H23FN2. The largest absolute Gasteiger partial charge is 0.329 e. The highest BCUT2D eigenvalue weighted by Crippen LogP contribution is 2.23. The van der Waals surface area contributed by atoms with Crippen LogP contribution in [-0.4, -0.2) is 18.0 Å². The number of halogens is 1. The van der Waals surface area contributed by atoms with Crippen LogP contribution in [0.2, 0.25) is 0 Å². The molecular weight excluding hydrogens is 263 g/mol. The summed E-state index contributed by atoms with van der Waals surface area (Å²) >= 11 is 0. The molecule has 0 heterocycles. The Morgan fingerprint density at radius 3 is 2.48 bits per heavy atom. The van der Waals surface area contributed by atoms with Gasteiger partial charge in [0, 0.05) is 19.1 Å². The summed E-state index contributed by atoms with van der Waals surface area (Å²) in [5, 5.41) is 0. The maximum atomic E-state index is 13.5. The normalized spacial score (nSPS) is 12.6. The molecule has 21 heavy (non-hydrogen) atoms. The third-order valence-corrected chi connectivity index (χ3v) is 3.64. The smallest absolute Gasteiger partial charge is 0.123 e. The fraction of sp³-hybridized carbons (Fsp3) is 0.333. The van der Waals surface area contributed by atoms with Crippen molar-refractivity contribution in [1.82, 2.24) is 4.90 Å². The van der Waals surface area contributed by atoms with E-state index in [9.17, 15) is 4.39 Å². The summed E-state index contributed by atoms with van der Waals surface area (Å²) in [6, 6.07) is 17.1. The van der Waals surface area contributed by atoms with Gasteiger partial charge in [-0.05, 0) is 36.2 Å². The highest BCUT2D eigenvalue weighted by Gasteiger charge is 2.19. The highest BCUT2D eigenvalue weighted by atomic mass is 19.1. The molecule has 0 aliphatic rings. The molecule has 0 fully saturated rings. The molecule has 0 saturated heterocycles. The lowest BCUT2D eigenvalue weighted by molar-refractivity contribution is 0.192.